The molecule has 1 heterocycles. The maximum Gasteiger partial charge on any atom is 0.534 e. The second-order valence-electron chi connectivity index (χ2n) is 3.52. The van der Waals surface area contributed by atoms with Gasteiger partial charge in [-0.15, -0.1) is 0 Å². The Bertz CT molecular complexity index is 681. The van der Waals surface area contributed by atoms with E-state index in [4.69, 9.17) is 0 Å². The van der Waals surface area contributed by atoms with Crippen LogP contribution in [0.15, 0.2) is 12.1 Å². The zero-order chi connectivity index (χ0) is 17.3. The maximum absolute atomic E-state index is 12.6. The minimum absolute atomic E-state index is 0.139. The van der Waals surface area contributed by atoms with Crippen LogP contribution in [0.2, 0.25) is 0 Å². The summed E-state index contributed by atoms with van der Waals surface area (Å²) in [5.74, 6) is -3.24. The van der Waals surface area contributed by atoms with Crippen molar-refractivity contribution in [3.05, 3.63) is 23.4 Å². The number of hydrogen-bond acceptors (Lipinski definition) is 6. The Kier molecular flexibility index (Phi) is 4.60. The standard InChI is InChI=1S/C9H5F6NO5S/c1-20-7(17)5-3-2-4(8(10,11)12)6(16-5)21-22(18,19)9(13,14)15/h2-3H,1H3. The third-order valence-corrected chi connectivity index (χ3v) is 2.98. The lowest BCUT2D eigenvalue weighted by Gasteiger charge is -2.14. The van der Waals surface area contributed by atoms with E-state index in [1.54, 1.807) is 0 Å². The number of carbonyl (C=O) groups excluding carboxylic acids is 1. The highest BCUT2D eigenvalue weighted by Crippen LogP contribution is 2.37. The third-order valence-electron chi connectivity index (χ3n) is 2.03. The van der Waals surface area contributed by atoms with Crippen molar-refractivity contribution in [3.8, 4) is 5.88 Å². The molecular formula is C9H5F6NO5S. The maximum atomic E-state index is 12.6. The van der Waals surface area contributed by atoms with Crippen molar-refractivity contribution in [1.29, 1.82) is 0 Å². The van der Waals surface area contributed by atoms with Crippen LogP contribution in [0.3, 0.4) is 0 Å². The molecule has 0 bridgehead atoms. The van der Waals surface area contributed by atoms with Crippen LogP contribution in [-0.4, -0.2) is 32.0 Å². The van der Waals surface area contributed by atoms with Crippen LogP contribution in [0, 0.1) is 0 Å². The van der Waals surface area contributed by atoms with Gasteiger partial charge in [0.15, 0.2) is 5.69 Å². The normalized spacial score (nSPS) is 12.9. The number of nitrogens with zero attached hydrogens (tertiary/aromatic N) is 1. The molecule has 0 N–H and O–H groups in total. The first-order valence-electron chi connectivity index (χ1n) is 4.97. The SMILES string of the molecule is COC(=O)c1ccc(C(F)(F)F)c(OS(=O)(=O)C(F)(F)F)n1. The highest BCUT2D eigenvalue weighted by molar-refractivity contribution is 7.87. The molecule has 1 aromatic heterocycles. The van der Waals surface area contributed by atoms with Crippen LogP contribution in [0.1, 0.15) is 16.1 Å². The Morgan fingerprint density at radius 1 is 1.14 bits per heavy atom. The van der Waals surface area contributed by atoms with E-state index in [9.17, 15) is 39.6 Å². The third kappa shape index (κ3) is 3.78. The Labute approximate surface area is 118 Å². The van der Waals surface area contributed by atoms with Crippen LogP contribution >= 0.6 is 0 Å². The van der Waals surface area contributed by atoms with Gasteiger partial charge in [-0.2, -0.15) is 34.8 Å². The first kappa shape index (κ1) is 18.0. The first-order valence-corrected chi connectivity index (χ1v) is 6.37. The summed E-state index contributed by atoms with van der Waals surface area (Å²) in [6.07, 6.45) is -5.27. The smallest absolute Gasteiger partial charge is 0.464 e. The van der Waals surface area contributed by atoms with Crippen LogP contribution in [0.4, 0.5) is 26.3 Å². The average molecular weight is 353 g/mol. The van der Waals surface area contributed by atoms with E-state index in [2.05, 4.69) is 13.9 Å². The predicted molar refractivity (Wildman–Crippen MR) is 56.2 cm³/mol. The van der Waals surface area contributed by atoms with Gasteiger partial charge in [0.05, 0.1) is 7.11 Å². The zero-order valence-corrected chi connectivity index (χ0v) is 11.1. The van der Waals surface area contributed by atoms with Gasteiger partial charge in [0.2, 0.25) is 5.88 Å². The highest BCUT2D eigenvalue weighted by Gasteiger charge is 2.50. The summed E-state index contributed by atoms with van der Waals surface area (Å²) in [6.45, 7) is 0. The van der Waals surface area contributed by atoms with E-state index in [1.807, 2.05) is 0 Å². The minimum atomic E-state index is -6.40. The number of carbonyl (C=O) groups is 1. The lowest BCUT2D eigenvalue weighted by Crippen LogP contribution is -2.29. The molecule has 0 radical (unpaired) electrons. The second kappa shape index (κ2) is 5.62. The highest BCUT2D eigenvalue weighted by atomic mass is 32.2. The fraction of sp³-hybridized carbons (Fsp3) is 0.333. The molecule has 0 spiro atoms. The quantitative estimate of drug-likeness (QED) is 0.358. The van der Waals surface area contributed by atoms with Gasteiger partial charge in [0, 0.05) is 0 Å². The second-order valence-corrected chi connectivity index (χ2v) is 5.06. The molecule has 6 nitrogen and oxygen atoms in total. The summed E-state index contributed by atoms with van der Waals surface area (Å²) in [5.41, 5.74) is -8.76. The van der Waals surface area contributed by atoms with Gasteiger partial charge >= 0.3 is 27.8 Å². The molecule has 124 valence electrons. The molecule has 0 fully saturated rings. The Hall–Kier alpha value is -2.05. The minimum Gasteiger partial charge on any atom is -0.464 e. The van der Waals surface area contributed by atoms with Crippen molar-refractivity contribution >= 4 is 16.1 Å². The van der Waals surface area contributed by atoms with Gasteiger partial charge in [-0.1, -0.05) is 0 Å². The summed E-state index contributed by atoms with van der Waals surface area (Å²) < 4.78 is 103. The van der Waals surface area contributed by atoms with Crippen LogP contribution in [-0.2, 0) is 21.0 Å². The Morgan fingerprint density at radius 3 is 2.09 bits per heavy atom. The van der Waals surface area contributed by atoms with Crippen molar-refractivity contribution in [2.75, 3.05) is 7.11 Å². The topological polar surface area (TPSA) is 82.6 Å². The van der Waals surface area contributed by atoms with Crippen molar-refractivity contribution < 1.29 is 48.5 Å². The predicted octanol–water partition coefficient (Wildman–Crippen LogP) is 2.12. The molecule has 0 aliphatic heterocycles. The van der Waals surface area contributed by atoms with Gasteiger partial charge in [0.25, 0.3) is 0 Å². The molecule has 0 saturated carbocycles. The fourth-order valence-electron chi connectivity index (χ4n) is 1.09. The summed E-state index contributed by atoms with van der Waals surface area (Å²) in [4.78, 5) is 13.9. The van der Waals surface area contributed by atoms with Crippen molar-refractivity contribution in [1.82, 2.24) is 4.98 Å². The van der Waals surface area contributed by atoms with Crippen LogP contribution in [0.25, 0.3) is 0 Å². The van der Waals surface area contributed by atoms with E-state index < -0.39 is 44.9 Å². The van der Waals surface area contributed by atoms with E-state index in [-0.39, 0.29) is 6.07 Å². The molecular weight excluding hydrogens is 348 g/mol. The van der Waals surface area contributed by atoms with E-state index in [1.165, 1.54) is 0 Å². The number of halogens is 6. The number of aromatic nitrogens is 1. The van der Waals surface area contributed by atoms with Crippen LogP contribution in [0.5, 0.6) is 5.88 Å². The molecule has 1 aromatic rings. The molecule has 0 atom stereocenters. The first-order chi connectivity index (χ1) is 9.79. The summed E-state index contributed by atoms with van der Waals surface area (Å²) in [7, 11) is -5.57. The van der Waals surface area contributed by atoms with Gasteiger partial charge in [-0.25, -0.2) is 9.78 Å². The summed E-state index contributed by atoms with van der Waals surface area (Å²) in [6, 6.07) is 0.627. The molecule has 0 amide bonds. The van der Waals surface area contributed by atoms with Gasteiger partial charge in [-0.05, 0) is 12.1 Å². The summed E-state index contributed by atoms with van der Waals surface area (Å²) in [5, 5.41) is 0. The lowest BCUT2D eigenvalue weighted by atomic mass is 10.2. The summed E-state index contributed by atoms with van der Waals surface area (Å²) >= 11 is 0. The average Bonchev–Trinajstić information content (AvgIpc) is 2.34. The molecule has 1 rings (SSSR count). The number of hydrogen-bond donors (Lipinski definition) is 0. The number of ether oxygens (including phenoxy) is 1. The van der Waals surface area contributed by atoms with Gasteiger partial charge in [0.1, 0.15) is 5.56 Å². The van der Waals surface area contributed by atoms with Crippen molar-refractivity contribution in [2.45, 2.75) is 11.7 Å². The number of methoxy groups -OCH3 is 1. The Morgan fingerprint density at radius 2 is 1.68 bits per heavy atom. The molecule has 0 saturated heterocycles. The van der Waals surface area contributed by atoms with E-state index >= 15 is 0 Å². The Balaban J connectivity index is 3.45. The monoisotopic (exact) mass is 353 g/mol. The molecule has 13 heteroatoms. The number of esters is 1. The number of pyridine rings is 1. The van der Waals surface area contributed by atoms with Gasteiger partial charge in [-0.3, -0.25) is 0 Å². The zero-order valence-electron chi connectivity index (χ0n) is 10.3. The van der Waals surface area contributed by atoms with Crippen LogP contribution < -0.4 is 4.18 Å². The molecule has 22 heavy (non-hydrogen) atoms. The van der Waals surface area contributed by atoms with Crippen molar-refractivity contribution in [2.24, 2.45) is 0 Å². The van der Waals surface area contributed by atoms with E-state index in [0.717, 1.165) is 7.11 Å². The van der Waals surface area contributed by atoms with Crippen molar-refractivity contribution in [3.63, 3.8) is 0 Å². The molecule has 0 unspecified atom stereocenters. The fourth-order valence-corrected chi connectivity index (χ4v) is 1.52. The van der Waals surface area contributed by atoms with Gasteiger partial charge < -0.3 is 8.92 Å². The number of rotatable bonds is 3. The van der Waals surface area contributed by atoms with E-state index in [0.29, 0.717) is 6.07 Å². The number of alkyl halides is 6. The molecule has 0 aliphatic carbocycles. The molecule has 0 aliphatic rings. The lowest BCUT2D eigenvalue weighted by molar-refractivity contribution is -0.138. The molecule has 0 aromatic carbocycles. The largest absolute Gasteiger partial charge is 0.534 e.